The monoisotopic (exact) mass is 424 g/mol. The van der Waals surface area contributed by atoms with Gasteiger partial charge in [-0.1, -0.05) is 34.6 Å². The number of fused-ring (bicyclic) bond motifs is 1. The highest BCUT2D eigenvalue weighted by molar-refractivity contribution is 7.98. The van der Waals surface area contributed by atoms with Gasteiger partial charge < -0.3 is 10.1 Å². The van der Waals surface area contributed by atoms with Gasteiger partial charge >= 0.3 is 0 Å². The van der Waals surface area contributed by atoms with Gasteiger partial charge in [0.1, 0.15) is 23.8 Å². The Bertz CT molecular complexity index is 1170. The van der Waals surface area contributed by atoms with Gasteiger partial charge in [0.15, 0.2) is 0 Å². The van der Waals surface area contributed by atoms with Crippen LogP contribution in [0.25, 0.3) is 10.9 Å². The largest absolute Gasteiger partial charge is 0.472 e. The molecule has 0 amide bonds. The standard InChI is InChI=1S/C22H21FN4O2S/c1-14-21(27-29-26-14)12-24-11-17-9-15-7-8-18(30-2)10-20(15)25-22(17)28-13-16-5-3-4-6-19(16)23/h3-10,24H,11-13H2,1-2H3. The molecule has 0 spiro atoms. The Labute approximate surface area is 177 Å². The number of nitrogens with one attached hydrogen (secondary N) is 1. The lowest BCUT2D eigenvalue weighted by atomic mass is 10.1. The fourth-order valence-corrected chi connectivity index (χ4v) is 3.47. The van der Waals surface area contributed by atoms with Crippen molar-refractivity contribution in [2.75, 3.05) is 6.26 Å². The predicted octanol–water partition coefficient (Wildman–Crippen LogP) is 4.66. The summed E-state index contributed by atoms with van der Waals surface area (Å²) < 4.78 is 24.7. The number of rotatable bonds is 8. The van der Waals surface area contributed by atoms with Crippen molar-refractivity contribution >= 4 is 22.7 Å². The molecular formula is C22H21FN4O2S. The Kier molecular flexibility index (Phi) is 6.25. The van der Waals surface area contributed by atoms with E-state index in [-0.39, 0.29) is 12.4 Å². The fraction of sp³-hybridized carbons (Fsp3) is 0.227. The lowest BCUT2D eigenvalue weighted by Crippen LogP contribution is -2.15. The lowest BCUT2D eigenvalue weighted by molar-refractivity contribution is 0.285. The molecule has 0 bridgehead atoms. The average Bonchev–Trinajstić information content (AvgIpc) is 3.17. The number of hydrogen-bond acceptors (Lipinski definition) is 7. The molecular weight excluding hydrogens is 403 g/mol. The van der Waals surface area contributed by atoms with Crippen LogP contribution < -0.4 is 10.1 Å². The predicted molar refractivity (Wildman–Crippen MR) is 114 cm³/mol. The zero-order valence-corrected chi connectivity index (χ0v) is 17.5. The van der Waals surface area contributed by atoms with Gasteiger partial charge in [0, 0.05) is 34.5 Å². The minimum absolute atomic E-state index is 0.104. The summed E-state index contributed by atoms with van der Waals surface area (Å²) in [4.78, 5) is 5.84. The van der Waals surface area contributed by atoms with E-state index in [1.165, 1.54) is 6.07 Å². The summed E-state index contributed by atoms with van der Waals surface area (Å²) >= 11 is 1.66. The average molecular weight is 425 g/mol. The minimum atomic E-state index is -0.295. The molecule has 4 rings (SSSR count). The van der Waals surface area contributed by atoms with Crippen molar-refractivity contribution in [2.45, 2.75) is 31.5 Å². The molecule has 30 heavy (non-hydrogen) atoms. The van der Waals surface area contributed by atoms with Gasteiger partial charge in [0.25, 0.3) is 0 Å². The van der Waals surface area contributed by atoms with Crippen LogP contribution in [0.1, 0.15) is 22.5 Å². The highest BCUT2D eigenvalue weighted by Gasteiger charge is 2.12. The number of aromatic nitrogens is 3. The second-order valence-corrected chi connectivity index (χ2v) is 7.67. The molecule has 154 valence electrons. The molecule has 0 aliphatic carbocycles. The molecule has 2 aromatic carbocycles. The Balaban J connectivity index is 1.59. The number of thioether (sulfide) groups is 1. The highest BCUT2D eigenvalue weighted by atomic mass is 32.2. The van der Waals surface area contributed by atoms with Crippen LogP contribution in [0.5, 0.6) is 5.88 Å². The van der Waals surface area contributed by atoms with Gasteiger partial charge in [-0.3, -0.25) is 0 Å². The van der Waals surface area contributed by atoms with E-state index in [0.717, 1.165) is 32.7 Å². The Morgan fingerprint density at radius 3 is 2.70 bits per heavy atom. The van der Waals surface area contributed by atoms with E-state index in [1.54, 1.807) is 30.0 Å². The molecule has 0 saturated carbocycles. The molecule has 0 unspecified atom stereocenters. The Morgan fingerprint density at radius 2 is 1.93 bits per heavy atom. The third-order valence-corrected chi connectivity index (χ3v) is 5.47. The molecule has 2 heterocycles. The van der Waals surface area contributed by atoms with Crippen LogP contribution in [-0.2, 0) is 19.7 Å². The SMILES string of the molecule is CSc1ccc2cc(CNCc3nonc3C)c(OCc3ccccc3F)nc2c1. The summed E-state index contributed by atoms with van der Waals surface area (Å²) in [5.74, 6) is 0.183. The summed E-state index contributed by atoms with van der Waals surface area (Å²) in [7, 11) is 0. The van der Waals surface area contributed by atoms with E-state index in [2.05, 4.69) is 21.7 Å². The van der Waals surface area contributed by atoms with Gasteiger partial charge in [-0.25, -0.2) is 14.0 Å². The molecule has 0 aliphatic rings. The molecule has 8 heteroatoms. The first-order chi connectivity index (χ1) is 14.6. The molecule has 0 atom stereocenters. The van der Waals surface area contributed by atoms with E-state index < -0.39 is 0 Å². The van der Waals surface area contributed by atoms with Crippen molar-refractivity contribution in [1.29, 1.82) is 0 Å². The number of nitrogens with zero attached hydrogens (tertiary/aromatic N) is 3. The van der Waals surface area contributed by atoms with E-state index in [0.29, 0.717) is 24.5 Å². The number of halogens is 1. The number of pyridine rings is 1. The molecule has 1 N–H and O–H groups in total. The van der Waals surface area contributed by atoms with Crippen molar-refractivity contribution in [3.8, 4) is 5.88 Å². The number of aryl methyl sites for hydroxylation is 1. The van der Waals surface area contributed by atoms with Crippen LogP contribution in [0.15, 0.2) is 58.1 Å². The summed E-state index contributed by atoms with van der Waals surface area (Å²) in [6.45, 7) is 2.96. The van der Waals surface area contributed by atoms with Crippen molar-refractivity contribution in [1.82, 2.24) is 20.6 Å². The van der Waals surface area contributed by atoms with E-state index in [1.807, 2.05) is 31.4 Å². The maximum atomic E-state index is 14.0. The van der Waals surface area contributed by atoms with Crippen LogP contribution in [0.4, 0.5) is 4.39 Å². The maximum Gasteiger partial charge on any atom is 0.218 e. The van der Waals surface area contributed by atoms with Crippen molar-refractivity contribution in [2.24, 2.45) is 0 Å². The number of ether oxygens (including phenoxy) is 1. The van der Waals surface area contributed by atoms with Crippen molar-refractivity contribution in [3.05, 3.63) is 76.9 Å². The van der Waals surface area contributed by atoms with Crippen LogP contribution in [0.2, 0.25) is 0 Å². The molecule has 0 saturated heterocycles. The molecule has 4 aromatic rings. The first-order valence-electron chi connectivity index (χ1n) is 9.46. The van der Waals surface area contributed by atoms with Crippen LogP contribution in [0, 0.1) is 12.7 Å². The van der Waals surface area contributed by atoms with E-state index in [9.17, 15) is 4.39 Å². The van der Waals surface area contributed by atoms with E-state index >= 15 is 0 Å². The third kappa shape index (κ3) is 4.60. The molecule has 2 aromatic heterocycles. The summed E-state index contributed by atoms with van der Waals surface area (Å²) in [5.41, 5.74) is 3.71. The first-order valence-corrected chi connectivity index (χ1v) is 10.7. The molecule has 6 nitrogen and oxygen atoms in total. The summed E-state index contributed by atoms with van der Waals surface area (Å²) in [6, 6.07) is 14.8. The Morgan fingerprint density at radius 1 is 1.07 bits per heavy atom. The third-order valence-electron chi connectivity index (χ3n) is 4.74. The van der Waals surface area contributed by atoms with Gasteiger partial charge in [-0.15, -0.1) is 11.8 Å². The highest BCUT2D eigenvalue weighted by Crippen LogP contribution is 2.27. The van der Waals surface area contributed by atoms with Crippen LogP contribution in [-0.4, -0.2) is 21.6 Å². The number of benzene rings is 2. The number of hydrogen-bond donors (Lipinski definition) is 1. The van der Waals surface area contributed by atoms with Crippen LogP contribution in [0.3, 0.4) is 0 Å². The lowest BCUT2D eigenvalue weighted by Gasteiger charge is -2.13. The van der Waals surface area contributed by atoms with Gasteiger partial charge in [0.2, 0.25) is 5.88 Å². The quantitative estimate of drug-likeness (QED) is 0.413. The van der Waals surface area contributed by atoms with Crippen LogP contribution >= 0.6 is 11.8 Å². The van der Waals surface area contributed by atoms with E-state index in [4.69, 9.17) is 14.3 Å². The van der Waals surface area contributed by atoms with Gasteiger partial charge in [0.05, 0.1) is 5.52 Å². The van der Waals surface area contributed by atoms with Gasteiger partial charge in [-0.05, 0) is 37.4 Å². The minimum Gasteiger partial charge on any atom is -0.472 e. The maximum absolute atomic E-state index is 14.0. The van der Waals surface area contributed by atoms with Gasteiger partial charge in [-0.2, -0.15) is 0 Å². The van der Waals surface area contributed by atoms with Crippen molar-refractivity contribution in [3.63, 3.8) is 0 Å². The zero-order chi connectivity index (χ0) is 20.9. The first kappa shape index (κ1) is 20.3. The smallest absolute Gasteiger partial charge is 0.218 e. The second kappa shape index (κ2) is 9.23. The molecule has 0 aliphatic heterocycles. The topological polar surface area (TPSA) is 73.1 Å². The molecule has 0 fully saturated rings. The summed E-state index contributed by atoms with van der Waals surface area (Å²) in [5, 5.41) is 12.0. The normalized spacial score (nSPS) is 11.2. The second-order valence-electron chi connectivity index (χ2n) is 6.79. The summed E-state index contributed by atoms with van der Waals surface area (Å²) in [6.07, 6.45) is 2.02. The van der Waals surface area contributed by atoms with Crippen molar-refractivity contribution < 1.29 is 13.8 Å². The molecule has 0 radical (unpaired) electrons. The fourth-order valence-electron chi connectivity index (χ4n) is 3.04. The Hall–Kier alpha value is -2.97. The zero-order valence-electron chi connectivity index (χ0n) is 16.7.